The molecule has 6 heteroatoms. The van der Waals surface area contributed by atoms with Crippen molar-refractivity contribution in [3.8, 4) is 0 Å². The number of carbonyl (C=O) groups is 2. The zero-order valence-electron chi connectivity index (χ0n) is 15.6. The number of halogens is 1. The topological polar surface area (TPSA) is 55.4 Å². The molecular weight excluding hydrogens is 389 g/mol. The summed E-state index contributed by atoms with van der Waals surface area (Å²) in [6, 6.07) is 18.9. The molecule has 0 spiro atoms. The number of rotatable bonds is 7. The van der Waals surface area contributed by atoms with Gasteiger partial charge < -0.3 is 10.1 Å². The molecule has 2 aromatic carbocycles. The second-order valence-electron chi connectivity index (χ2n) is 7.09. The van der Waals surface area contributed by atoms with Crippen molar-refractivity contribution in [2.24, 2.45) is 0 Å². The van der Waals surface area contributed by atoms with Crippen molar-refractivity contribution < 1.29 is 18.7 Å². The van der Waals surface area contributed by atoms with Crippen LogP contribution in [0, 0.1) is 5.82 Å². The average Bonchev–Trinajstić information content (AvgIpc) is 3.39. The van der Waals surface area contributed by atoms with Crippen molar-refractivity contribution >= 4 is 23.2 Å². The van der Waals surface area contributed by atoms with Gasteiger partial charge in [0.25, 0.3) is 5.91 Å². The van der Waals surface area contributed by atoms with Gasteiger partial charge in [-0.1, -0.05) is 48.5 Å². The lowest BCUT2D eigenvalue weighted by molar-refractivity contribution is -0.151. The first kappa shape index (κ1) is 19.3. The van der Waals surface area contributed by atoms with E-state index in [1.807, 2.05) is 47.8 Å². The molecule has 4 rings (SSSR count). The van der Waals surface area contributed by atoms with Crippen LogP contribution in [-0.2, 0) is 19.7 Å². The monoisotopic (exact) mass is 409 g/mol. The molecular formula is C23H20FNO3S. The fourth-order valence-corrected chi connectivity index (χ4v) is 4.20. The normalized spacial score (nSPS) is 15.3. The van der Waals surface area contributed by atoms with Crippen molar-refractivity contribution in [1.29, 1.82) is 0 Å². The molecule has 1 fully saturated rings. The van der Waals surface area contributed by atoms with E-state index < -0.39 is 17.4 Å². The maximum absolute atomic E-state index is 13.3. The molecule has 0 unspecified atom stereocenters. The van der Waals surface area contributed by atoms with Crippen LogP contribution >= 0.6 is 11.3 Å². The van der Waals surface area contributed by atoms with Gasteiger partial charge in [-0.3, -0.25) is 9.59 Å². The van der Waals surface area contributed by atoms with E-state index in [-0.39, 0.29) is 18.4 Å². The summed E-state index contributed by atoms with van der Waals surface area (Å²) >= 11 is 1.49. The van der Waals surface area contributed by atoms with Crippen molar-refractivity contribution in [3.63, 3.8) is 0 Å². The maximum Gasteiger partial charge on any atom is 0.317 e. The largest absolute Gasteiger partial charge is 0.455 e. The standard InChI is InChI=1S/C23H20FNO3S/c24-18-10-8-16(9-11-18)21(19-7-4-14-29-19)25-20(26)15-28-22(27)23(12-13-23)17-5-2-1-3-6-17/h1-11,14,21H,12-13,15H2,(H,25,26)/t21-/m0/s1. The SMILES string of the molecule is O=C(COC(=O)C1(c2ccccc2)CC1)N[C@@H](c1ccc(F)cc1)c1cccs1. The summed E-state index contributed by atoms with van der Waals surface area (Å²) in [4.78, 5) is 26.0. The van der Waals surface area contributed by atoms with Crippen molar-refractivity contribution in [2.75, 3.05) is 6.61 Å². The Balaban J connectivity index is 1.41. The second kappa shape index (κ2) is 8.17. The highest BCUT2D eigenvalue weighted by Gasteiger charge is 2.52. The second-order valence-corrected chi connectivity index (χ2v) is 8.07. The lowest BCUT2D eigenvalue weighted by atomic mass is 9.96. The Kier molecular flexibility index (Phi) is 5.45. The third-order valence-electron chi connectivity index (χ3n) is 5.14. The highest BCUT2D eigenvalue weighted by molar-refractivity contribution is 7.10. The molecule has 1 aliphatic rings. The molecule has 1 saturated carbocycles. The summed E-state index contributed by atoms with van der Waals surface area (Å²) < 4.78 is 18.6. The Labute approximate surface area is 172 Å². The fraction of sp³-hybridized carbons (Fsp3) is 0.217. The molecule has 1 amide bonds. The molecule has 1 aromatic heterocycles. The molecule has 3 aromatic rings. The van der Waals surface area contributed by atoms with E-state index in [4.69, 9.17) is 4.74 Å². The predicted molar refractivity (Wildman–Crippen MR) is 109 cm³/mol. The van der Waals surface area contributed by atoms with Crippen LogP contribution < -0.4 is 5.32 Å². The van der Waals surface area contributed by atoms with E-state index in [1.54, 1.807) is 12.1 Å². The average molecular weight is 409 g/mol. The number of ether oxygens (including phenoxy) is 1. The number of benzene rings is 2. The Morgan fingerprint density at radius 1 is 1.03 bits per heavy atom. The number of nitrogens with one attached hydrogen (secondary N) is 1. The van der Waals surface area contributed by atoms with Crippen LogP contribution in [-0.4, -0.2) is 18.5 Å². The van der Waals surface area contributed by atoms with Gasteiger partial charge in [0.2, 0.25) is 0 Å². The third kappa shape index (κ3) is 4.22. The van der Waals surface area contributed by atoms with Gasteiger partial charge in [-0.05, 0) is 47.5 Å². The first-order valence-electron chi connectivity index (χ1n) is 9.39. The predicted octanol–water partition coefficient (Wildman–Crippen LogP) is 4.37. The summed E-state index contributed by atoms with van der Waals surface area (Å²) in [7, 11) is 0. The number of hydrogen-bond donors (Lipinski definition) is 1. The fourth-order valence-electron chi connectivity index (χ4n) is 3.39. The summed E-state index contributed by atoms with van der Waals surface area (Å²) in [6.45, 7) is -0.351. The molecule has 29 heavy (non-hydrogen) atoms. The molecule has 1 aliphatic carbocycles. The quantitative estimate of drug-likeness (QED) is 0.590. The Hall–Kier alpha value is -2.99. The van der Waals surface area contributed by atoms with Crippen LogP contribution in [0.25, 0.3) is 0 Å². The van der Waals surface area contributed by atoms with Crippen LogP contribution in [0.3, 0.4) is 0 Å². The molecule has 0 radical (unpaired) electrons. The van der Waals surface area contributed by atoms with Gasteiger partial charge in [0, 0.05) is 4.88 Å². The van der Waals surface area contributed by atoms with Gasteiger partial charge in [0.1, 0.15) is 5.82 Å². The Morgan fingerprint density at radius 2 is 1.76 bits per heavy atom. The van der Waals surface area contributed by atoms with Crippen molar-refractivity contribution in [2.45, 2.75) is 24.3 Å². The smallest absolute Gasteiger partial charge is 0.317 e. The summed E-state index contributed by atoms with van der Waals surface area (Å²) in [5, 5.41) is 4.81. The molecule has 148 valence electrons. The van der Waals surface area contributed by atoms with Crippen molar-refractivity contribution in [1.82, 2.24) is 5.32 Å². The van der Waals surface area contributed by atoms with E-state index in [2.05, 4.69) is 5.32 Å². The summed E-state index contributed by atoms with van der Waals surface area (Å²) in [5.74, 6) is -1.10. The molecule has 0 aliphatic heterocycles. The molecule has 4 nitrogen and oxygen atoms in total. The Morgan fingerprint density at radius 3 is 2.38 bits per heavy atom. The number of thiophene rings is 1. The minimum Gasteiger partial charge on any atom is -0.455 e. The van der Waals surface area contributed by atoms with Gasteiger partial charge >= 0.3 is 5.97 Å². The number of carbonyl (C=O) groups excluding carboxylic acids is 2. The van der Waals surface area contributed by atoms with Crippen molar-refractivity contribution in [3.05, 3.63) is 93.9 Å². The summed E-state index contributed by atoms with van der Waals surface area (Å²) in [6.07, 6.45) is 1.45. The van der Waals surface area contributed by atoms with E-state index in [0.717, 1.165) is 28.8 Å². The lowest BCUT2D eigenvalue weighted by Gasteiger charge is -2.19. The number of amides is 1. The van der Waals surface area contributed by atoms with Gasteiger partial charge in [-0.15, -0.1) is 11.3 Å². The number of esters is 1. The van der Waals surface area contributed by atoms with Crippen LogP contribution in [0.5, 0.6) is 0 Å². The molecule has 1 N–H and O–H groups in total. The van der Waals surface area contributed by atoms with E-state index in [1.165, 1.54) is 23.5 Å². The van der Waals surface area contributed by atoms with Crippen LogP contribution in [0.4, 0.5) is 4.39 Å². The molecule has 1 atom stereocenters. The van der Waals surface area contributed by atoms with Crippen LogP contribution in [0.2, 0.25) is 0 Å². The third-order valence-corrected chi connectivity index (χ3v) is 6.08. The minimum atomic E-state index is -0.619. The van der Waals surface area contributed by atoms with Gasteiger partial charge in [0.15, 0.2) is 6.61 Å². The van der Waals surface area contributed by atoms with Crippen LogP contribution in [0.15, 0.2) is 72.1 Å². The van der Waals surface area contributed by atoms with E-state index in [0.29, 0.717) is 0 Å². The minimum absolute atomic E-state index is 0.338. The molecule has 0 bridgehead atoms. The maximum atomic E-state index is 13.3. The Bertz CT molecular complexity index is 983. The van der Waals surface area contributed by atoms with Gasteiger partial charge in [-0.25, -0.2) is 4.39 Å². The highest BCUT2D eigenvalue weighted by Crippen LogP contribution is 2.49. The van der Waals surface area contributed by atoms with E-state index in [9.17, 15) is 14.0 Å². The summed E-state index contributed by atoms with van der Waals surface area (Å²) in [5.41, 5.74) is 1.07. The molecule has 1 heterocycles. The number of hydrogen-bond acceptors (Lipinski definition) is 4. The zero-order chi connectivity index (χ0) is 20.3. The van der Waals surface area contributed by atoms with Gasteiger partial charge in [0.05, 0.1) is 11.5 Å². The molecule has 0 saturated heterocycles. The highest BCUT2D eigenvalue weighted by atomic mass is 32.1. The van der Waals surface area contributed by atoms with Gasteiger partial charge in [-0.2, -0.15) is 0 Å². The zero-order valence-corrected chi connectivity index (χ0v) is 16.5. The first-order valence-corrected chi connectivity index (χ1v) is 10.3. The van der Waals surface area contributed by atoms with Crippen LogP contribution in [0.1, 0.15) is 34.9 Å². The van der Waals surface area contributed by atoms with E-state index >= 15 is 0 Å². The first-order chi connectivity index (χ1) is 14.1. The lowest BCUT2D eigenvalue weighted by Crippen LogP contribution is -2.34.